The van der Waals surface area contributed by atoms with E-state index in [-0.39, 0.29) is 28.6 Å². The summed E-state index contributed by atoms with van der Waals surface area (Å²) in [6.07, 6.45) is 21.4. The summed E-state index contributed by atoms with van der Waals surface area (Å²) in [4.78, 5) is 27.2. The number of ketones is 1. The van der Waals surface area contributed by atoms with Gasteiger partial charge in [0.25, 0.3) is 0 Å². The number of carbonyl (C=O) groups excluding carboxylic acids is 2. The van der Waals surface area contributed by atoms with Crippen LogP contribution in [-0.4, -0.2) is 51.5 Å². The molecule has 2 bridgehead atoms. The highest BCUT2D eigenvalue weighted by atomic mass is 16.6. The maximum absolute atomic E-state index is 14.3. The van der Waals surface area contributed by atoms with Crippen molar-refractivity contribution in [3.05, 3.63) is 84.1 Å². The van der Waals surface area contributed by atoms with Crippen LogP contribution in [0.25, 0.3) is 0 Å². The van der Waals surface area contributed by atoms with Gasteiger partial charge in [-0.25, -0.2) is 4.79 Å². The van der Waals surface area contributed by atoms with E-state index in [9.17, 15) is 24.9 Å². The van der Waals surface area contributed by atoms with Crippen molar-refractivity contribution in [3.63, 3.8) is 0 Å². The molecule has 4 rings (SSSR count). The Morgan fingerprint density at radius 2 is 1.73 bits per heavy atom. The average molecular weight is 549 g/mol. The molecule has 0 saturated heterocycles. The highest BCUT2D eigenvalue weighted by molar-refractivity contribution is 5.95. The second kappa shape index (κ2) is 11.6. The summed E-state index contributed by atoms with van der Waals surface area (Å²) >= 11 is 0. The molecule has 40 heavy (non-hydrogen) atoms. The van der Waals surface area contributed by atoms with Gasteiger partial charge in [0.1, 0.15) is 6.10 Å². The number of aliphatic hydroxyl groups excluding tert-OH is 2. The normalized spacial score (nSPS) is 38.5. The lowest BCUT2D eigenvalue weighted by Gasteiger charge is -2.48. The van der Waals surface area contributed by atoms with E-state index in [4.69, 9.17) is 4.74 Å². The molecule has 2 fully saturated rings. The Bertz CT molecular complexity index is 1210. The minimum absolute atomic E-state index is 0.0423. The Morgan fingerprint density at radius 1 is 1.10 bits per heavy atom. The number of allylic oxidation sites excluding steroid dienone is 10. The topological polar surface area (TPSA) is 104 Å². The van der Waals surface area contributed by atoms with Gasteiger partial charge in [-0.05, 0) is 54.1 Å². The maximum atomic E-state index is 14.3. The number of Topliss-reactive ketones (excluding diaryl/α,β-unsaturated/α-hetero) is 1. The van der Waals surface area contributed by atoms with Gasteiger partial charge < -0.3 is 20.1 Å². The van der Waals surface area contributed by atoms with Gasteiger partial charge in [-0.3, -0.25) is 4.79 Å². The van der Waals surface area contributed by atoms with Gasteiger partial charge in [0, 0.05) is 12.0 Å². The number of aliphatic hydroxyl groups is 3. The summed E-state index contributed by atoms with van der Waals surface area (Å²) in [6.45, 7) is 9.60. The lowest BCUT2D eigenvalue weighted by atomic mass is 9.59. The number of rotatable bonds is 9. The Labute approximate surface area is 238 Å². The molecule has 0 radical (unpaired) electrons. The molecule has 3 N–H and O–H groups in total. The summed E-state index contributed by atoms with van der Waals surface area (Å²) in [6, 6.07) is 0. The zero-order chi connectivity index (χ0) is 29.3. The third kappa shape index (κ3) is 4.84. The minimum Gasteiger partial charge on any atom is -0.451 e. The van der Waals surface area contributed by atoms with Gasteiger partial charge in [-0.1, -0.05) is 101 Å². The molecule has 6 nitrogen and oxygen atoms in total. The number of esters is 1. The monoisotopic (exact) mass is 548 g/mol. The SMILES string of the molecule is CCCC=CC=CC=CC=CC=CC(=O)OC1C(C)=CC23C(=O)C(C=C(CO)C(O)C12O)C1C(CC3C)C1(C)C. The molecular formula is C34H44O6. The van der Waals surface area contributed by atoms with Gasteiger partial charge in [0.15, 0.2) is 17.5 Å². The zero-order valence-corrected chi connectivity index (χ0v) is 24.3. The minimum atomic E-state index is -2.13. The van der Waals surface area contributed by atoms with Crippen LogP contribution in [0.4, 0.5) is 0 Å². The molecule has 0 amide bonds. The second-order valence-electron chi connectivity index (χ2n) is 12.4. The molecule has 8 atom stereocenters. The summed E-state index contributed by atoms with van der Waals surface area (Å²) in [5.74, 6) is -1.33. The molecular weight excluding hydrogens is 504 g/mol. The van der Waals surface area contributed by atoms with Crippen LogP contribution >= 0.6 is 0 Å². The maximum Gasteiger partial charge on any atom is 0.331 e. The number of hydrogen-bond donors (Lipinski definition) is 3. The molecule has 0 aromatic carbocycles. The lowest BCUT2D eigenvalue weighted by molar-refractivity contribution is -0.201. The van der Waals surface area contributed by atoms with Crippen molar-refractivity contribution >= 4 is 11.8 Å². The van der Waals surface area contributed by atoms with E-state index in [1.54, 1.807) is 37.3 Å². The molecule has 2 saturated carbocycles. The molecule has 8 unspecified atom stereocenters. The fourth-order valence-electron chi connectivity index (χ4n) is 7.61. The highest BCUT2D eigenvalue weighted by Crippen LogP contribution is 2.71. The van der Waals surface area contributed by atoms with Crippen LogP contribution in [-0.2, 0) is 14.3 Å². The predicted molar refractivity (Wildman–Crippen MR) is 156 cm³/mol. The van der Waals surface area contributed by atoms with Gasteiger partial charge in [-0.15, -0.1) is 0 Å². The van der Waals surface area contributed by atoms with Crippen LogP contribution < -0.4 is 0 Å². The van der Waals surface area contributed by atoms with E-state index in [0.717, 1.165) is 12.8 Å². The highest BCUT2D eigenvalue weighted by Gasteiger charge is 2.76. The van der Waals surface area contributed by atoms with Crippen LogP contribution in [0.5, 0.6) is 0 Å². The molecule has 216 valence electrons. The van der Waals surface area contributed by atoms with Crippen LogP contribution in [0.15, 0.2) is 84.1 Å². The Kier molecular flexibility index (Phi) is 8.74. The van der Waals surface area contributed by atoms with Gasteiger partial charge in [-0.2, -0.15) is 0 Å². The van der Waals surface area contributed by atoms with Crippen LogP contribution in [0.1, 0.15) is 53.9 Å². The first-order valence-corrected chi connectivity index (χ1v) is 14.5. The van der Waals surface area contributed by atoms with E-state index < -0.39 is 41.7 Å². The van der Waals surface area contributed by atoms with Crippen molar-refractivity contribution in [2.75, 3.05) is 6.61 Å². The Morgan fingerprint density at radius 3 is 2.35 bits per heavy atom. The molecule has 6 heteroatoms. The van der Waals surface area contributed by atoms with E-state index in [2.05, 4.69) is 26.8 Å². The number of fused-ring (bicyclic) bond motifs is 3. The first kappa shape index (κ1) is 30.2. The second-order valence-corrected chi connectivity index (χ2v) is 12.4. The predicted octanol–water partition coefficient (Wildman–Crippen LogP) is 4.95. The third-order valence-electron chi connectivity index (χ3n) is 9.73. The zero-order valence-electron chi connectivity index (χ0n) is 24.3. The van der Waals surface area contributed by atoms with Crippen molar-refractivity contribution in [3.8, 4) is 0 Å². The first-order chi connectivity index (χ1) is 19.0. The molecule has 0 aliphatic heterocycles. The average Bonchev–Trinajstić information content (AvgIpc) is 3.40. The van der Waals surface area contributed by atoms with Crippen molar-refractivity contribution in [1.82, 2.24) is 0 Å². The van der Waals surface area contributed by atoms with E-state index in [1.807, 2.05) is 37.3 Å². The summed E-state index contributed by atoms with van der Waals surface area (Å²) in [5.41, 5.74) is -2.88. The van der Waals surface area contributed by atoms with Gasteiger partial charge in [0.05, 0.1) is 12.0 Å². The quantitative estimate of drug-likeness (QED) is 0.163. The van der Waals surface area contributed by atoms with E-state index in [0.29, 0.717) is 17.9 Å². The van der Waals surface area contributed by atoms with Gasteiger partial charge >= 0.3 is 5.97 Å². The number of hydrogen-bond acceptors (Lipinski definition) is 6. The summed E-state index contributed by atoms with van der Waals surface area (Å²) in [7, 11) is 0. The fraction of sp³-hybridized carbons (Fsp3) is 0.529. The van der Waals surface area contributed by atoms with Gasteiger partial charge in [0.2, 0.25) is 0 Å². The van der Waals surface area contributed by atoms with Crippen molar-refractivity contribution in [2.45, 2.75) is 71.7 Å². The molecule has 0 heterocycles. The number of carbonyl (C=O) groups is 2. The number of ether oxygens (including phenoxy) is 1. The first-order valence-electron chi connectivity index (χ1n) is 14.5. The smallest absolute Gasteiger partial charge is 0.331 e. The molecule has 4 aliphatic carbocycles. The molecule has 0 aromatic rings. The Hall–Kier alpha value is -2.80. The standard InChI is InChI=1S/C34H44O6/c1-6-7-8-9-10-11-12-13-14-15-16-17-27(36)40-31-22(2)20-33-23(3)18-26-28(32(26,4)5)25(30(33)38)19-24(21-35)29(37)34(31,33)39/h8-17,19-20,23,25-26,28-29,31,35,37,39H,6-7,18,21H2,1-5H3. The van der Waals surface area contributed by atoms with Crippen LogP contribution in [0, 0.1) is 34.5 Å². The van der Waals surface area contributed by atoms with Crippen molar-refractivity contribution < 1.29 is 29.6 Å². The van der Waals surface area contributed by atoms with Crippen molar-refractivity contribution in [2.24, 2.45) is 34.5 Å². The number of unbranched alkanes of at least 4 members (excludes halogenated alkanes) is 1. The summed E-state index contributed by atoms with van der Waals surface area (Å²) < 4.78 is 5.77. The van der Waals surface area contributed by atoms with Crippen molar-refractivity contribution in [1.29, 1.82) is 0 Å². The fourth-order valence-corrected chi connectivity index (χ4v) is 7.61. The third-order valence-corrected chi connectivity index (χ3v) is 9.73. The molecule has 1 spiro atoms. The Balaban J connectivity index is 1.54. The largest absolute Gasteiger partial charge is 0.451 e. The van der Waals surface area contributed by atoms with Crippen LogP contribution in [0.2, 0.25) is 0 Å². The van der Waals surface area contributed by atoms with E-state index >= 15 is 0 Å². The molecule has 0 aromatic heterocycles. The van der Waals surface area contributed by atoms with Crippen LogP contribution in [0.3, 0.4) is 0 Å². The van der Waals surface area contributed by atoms with E-state index in [1.165, 1.54) is 6.08 Å². The lowest BCUT2D eigenvalue weighted by Crippen LogP contribution is -2.65. The summed E-state index contributed by atoms with van der Waals surface area (Å²) in [5, 5.41) is 34.1. The molecule has 4 aliphatic rings.